The molecule has 0 atom stereocenters. The third kappa shape index (κ3) is 15.1. The third-order valence-electron chi connectivity index (χ3n) is 3.51. The van der Waals surface area contributed by atoms with Crippen LogP contribution in [0.15, 0.2) is 0 Å². The van der Waals surface area contributed by atoms with Crippen molar-refractivity contribution in [2.45, 2.75) is 79.1 Å². The van der Waals surface area contributed by atoms with Crippen LogP contribution in [0.1, 0.15) is 79.1 Å². The lowest BCUT2D eigenvalue weighted by atomic mass is 10.1. The van der Waals surface area contributed by atoms with E-state index in [1.54, 1.807) is 0 Å². The first-order valence-corrected chi connectivity index (χ1v) is 12.5. The molecule has 0 aliphatic heterocycles. The largest absolute Gasteiger partial charge is 0.200 e. The summed E-state index contributed by atoms with van der Waals surface area (Å²) in [5.41, 5.74) is 0. The predicted octanol–water partition coefficient (Wildman–Crippen LogP) is 6.74. The maximum absolute atomic E-state index is 5.31. The summed E-state index contributed by atoms with van der Waals surface area (Å²) in [4.78, 5) is 0. The summed E-state index contributed by atoms with van der Waals surface area (Å²) >= 11 is 5.31. The Labute approximate surface area is 131 Å². The SMILES string of the molecule is CC(C)CCCCC[SH](CCCCCC(C)C)P=S. The molecule has 0 N–H and O–H groups in total. The van der Waals surface area contributed by atoms with Crippen molar-refractivity contribution >= 4 is 28.9 Å². The van der Waals surface area contributed by atoms with Gasteiger partial charge in [-0.25, -0.2) is 0 Å². The Morgan fingerprint density at radius 3 is 1.47 bits per heavy atom. The van der Waals surface area contributed by atoms with Gasteiger partial charge < -0.3 is 0 Å². The van der Waals surface area contributed by atoms with Gasteiger partial charge in [0.2, 0.25) is 0 Å². The maximum atomic E-state index is 5.31. The van der Waals surface area contributed by atoms with Crippen LogP contribution in [0.5, 0.6) is 0 Å². The lowest BCUT2D eigenvalue weighted by molar-refractivity contribution is 0.534. The summed E-state index contributed by atoms with van der Waals surface area (Å²) in [7, 11) is 0.165. The van der Waals surface area contributed by atoms with Gasteiger partial charge in [-0.05, 0) is 48.0 Å². The van der Waals surface area contributed by atoms with Gasteiger partial charge in [0.15, 0.2) is 0 Å². The molecule has 0 rings (SSSR count). The first kappa shape index (κ1) is 19.9. The van der Waals surface area contributed by atoms with Gasteiger partial charge in [-0.15, -0.1) is 0 Å². The summed E-state index contributed by atoms with van der Waals surface area (Å²) in [6.45, 7) is 10.6. The first-order chi connectivity index (χ1) is 9.06. The molecule has 0 aliphatic carbocycles. The van der Waals surface area contributed by atoms with Crippen LogP contribution in [-0.4, -0.2) is 11.5 Å². The lowest BCUT2D eigenvalue weighted by Crippen LogP contribution is -1.93. The molecule has 0 heterocycles. The predicted molar refractivity (Wildman–Crippen MR) is 99.6 cm³/mol. The second-order valence-electron chi connectivity index (χ2n) is 6.52. The van der Waals surface area contributed by atoms with Crippen LogP contribution >= 0.6 is 17.1 Å². The lowest BCUT2D eigenvalue weighted by Gasteiger charge is -2.15. The number of hydrogen-bond acceptors (Lipinski definition) is 1. The number of unbranched alkanes of at least 4 members (excludes halogenated alkanes) is 4. The van der Waals surface area contributed by atoms with Crippen molar-refractivity contribution in [2.24, 2.45) is 11.8 Å². The molecule has 0 amide bonds. The molecule has 0 aromatic carbocycles. The summed E-state index contributed by atoms with van der Waals surface area (Å²) in [5, 5.41) is 0. The second kappa shape index (κ2) is 13.8. The highest BCUT2D eigenvalue weighted by molar-refractivity contribution is 8.67. The van der Waals surface area contributed by atoms with E-state index in [-0.39, 0.29) is 10.5 Å². The number of thiol groups is 1. The molecule has 116 valence electrons. The van der Waals surface area contributed by atoms with Gasteiger partial charge in [-0.1, -0.05) is 66.2 Å². The van der Waals surface area contributed by atoms with Crippen LogP contribution in [0.4, 0.5) is 0 Å². The zero-order chi connectivity index (χ0) is 14.5. The molecule has 0 saturated heterocycles. The number of hydrogen-bond donors (Lipinski definition) is 1. The quantitative estimate of drug-likeness (QED) is 0.222. The average molecular weight is 323 g/mol. The van der Waals surface area contributed by atoms with Crippen LogP contribution in [-0.2, 0) is 11.8 Å². The summed E-state index contributed by atoms with van der Waals surface area (Å²) < 4.78 is 0. The average Bonchev–Trinajstić information content (AvgIpc) is 2.34. The molecule has 0 unspecified atom stereocenters. The monoisotopic (exact) mass is 322 g/mol. The molecule has 0 aromatic rings. The summed E-state index contributed by atoms with van der Waals surface area (Å²) in [5.74, 6) is 4.62. The van der Waals surface area contributed by atoms with Crippen molar-refractivity contribution in [1.29, 1.82) is 0 Å². The molecular weight excluding hydrogens is 287 g/mol. The van der Waals surface area contributed by atoms with E-state index in [1.165, 1.54) is 69.4 Å². The van der Waals surface area contributed by atoms with E-state index < -0.39 is 0 Å². The van der Waals surface area contributed by atoms with Gasteiger partial charge in [0, 0.05) is 6.56 Å². The van der Waals surface area contributed by atoms with E-state index in [0.29, 0.717) is 0 Å². The Balaban J connectivity index is 3.42. The highest BCUT2D eigenvalue weighted by Gasteiger charge is 2.02. The molecule has 0 fully saturated rings. The van der Waals surface area contributed by atoms with Crippen molar-refractivity contribution in [3.63, 3.8) is 0 Å². The van der Waals surface area contributed by atoms with Crippen molar-refractivity contribution in [3.05, 3.63) is 0 Å². The zero-order valence-electron chi connectivity index (χ0n) is 13.5. The van der Waals surface area contributed by atoms with Crippen molar-refractivity contribution in [2.75, 3.05) is 11.5 Å². The van der Waals surface area contributed by atoms with Crippen LogP contribution in [0.2, 0.25) is 0 Å². The Morgan fingerprint density at radius 2 is 1.16 bits per heavy atom. The molecule has 0 spiro atoms. The summed E-state index contributed by atoms with van der Waals surface area (Å²) in [6, 6.07) is 0. The van der Waals surface area contributed by atoms with Crippen LogP contribution in [0.3, 0.4) is 0 Å². The molecular formula is C16H35PS2. The van der Waals surface area contributed by atoms with Crippen LogP contribution in [0.25, 0.3) is 0 Å². The smallest absolute Gasteiger partial charge is 0.0208 e. The Bertz CT molecular complexity index is 187. The molecule has 19 heavy (non-hydrogen) atoms. The fourth-order valence-corrected chi connectivity index (χ4v) is 6.61. The fraction of sp³-hybridized carbons (Fsp3) is 1.00. The summed E-state index contributed by atoms with van der Waals surface area (Å²) in [6.07, 6.45) is 11.3. The van der Waals surface area contributed by atoms with E-state index in [0.717, 1.165) is 11.8 Å². The van der Waals surface area contributed by atoms with E-state index >= 15 is 0 Å². The minimum absolute atomic E-state index is 0.165. The second-order valence-corrected chi connectivity index (χ2v) is 12.2. The van der Waals surface area contributed by atoms with Gasteiger partial charge in [0.25, 0.3) is 0 Å². The number of rotatable bonds is 13. The van der Waals surface area contributed by atoms with Gasteiger partial charge in [0.1, 0.15) is 0 Å². The van der Waals surface area contributed by atoms with E-state index in [4.69, 9.17) is 11.8 Å². The Hall–Kier alpha value is 0.870. The first-order valence-electron chi connectivity index (χ1n) is 8.14. The Morgan fingerprint density at radius 1 is 0.737 bits per heavy atom. The highest BCUT2D eigenvalue weighted by atomic mass is 32.9. The van der Waals surface area contributed by atoms with Crippen molar-refractivity contribution in [1.82, 2.24) is 0 Å². The molecule has 0 bridgehead atoms. The van der Waals surface area contributed by atoms with Gasteiger partial charge in [0.05, 0.1) is 0 Å². The van der Waals surface area contributed by atoms with E-state index in [1.807, 2.05) is 0 Å². The third-order valence-corrected chi connectivity index (χ3v) is 9.38. The molecule has 3 heteroatoms. The fourth-order valence-electron chi connectivity index (χ4n) is 2.24. The Kier molecular flexibility index (Phi) is 14.5. The maximum Gasteiger partial charge on any atom is 0.0208 e. The van der Waals surface area contributed by atoms with Crippen molar-refractivity contribution in [3.8, 4) is 0 Å². The van der Waals surface area contributed by atoms with Gasteiger partial charge >= 0.3 is 0 Å². The zero-order valence-corrected chi connectivity index (χ0v) is 16.1. The van der Waals surface area contributed by atoms with E-state index in [2.05, 4.69) is 27.7 Å². The van der Waals surface area contributed by atoms with Crippen LogP contribution in [0, 0.1) is 11.8 Å². The van der Waals surface area contributed by atoms with Gasteiger partial charge in [-0.2, -0.15) is 10.5 Å². The molecule has 0 nitrogen and oxygen atoms in total. The topological polar surface area (TPSA) is 0 Å². The normalized spacial score (nSPS) is 12.6. The molecule has 0 saturated carbocycles. The van der Waals surface area contributed by atoms with Gasteiger partial charge in [-0.3, -0.25) is 0 Å². The molecule has 0 radical (unpaired) electrons. The van der Waals surface area contributed by atoms with E-state index in [9.17, 15) is 0 Å². The van der Waals surface area contributed by atoms with Crippen LogP contribution < -0.4 is 0 Å². The standard InChI is InChI=1S/C16H35PS2/c1-15(2)11-7-5-9-13-19(17-18)14-10-6-8-12-16(3)4/h15-16,19H,5-14H2,1-4H3. The minimum Gasteiger partial charge on any atom is -0.200 e. The van der Waals surface area contributed by atoms with Crippen molar-refractivity contribution < 1.29 is 0 Å². The highest BCUT2D eigenvalue weighted by Crippen LogP contribution is 2.41. The molecule has 0 aliphatic rings. The molecule has 0 aromatic heterocycles. The minimum atomic E-state index is 0.165.